The van der Waals surface area contributed by atoms with Crippen LogP contribution in [0.1, 0.15) is 20.3 Å². The van der Waals surface area contributed by atoms with Crippen LogP contribution < -0.4 is 24.8 Å². The Balaban J connectivity index is 1.64. The molecule has 0 aromatic heterocycles. The van der Waals surface area contributed by atoms with E-state index in [1.54, 1.807) is 109 Å². The molecule has 0 fully saturated rings. The molecular formula is C37H38N4O6. The molecular weight excluding hydrogens is 596 g/mol. The Bertz CT molecular complexity index is 1730. The minimum absolute atomic E-state index is 0.268. The highest BCUT2D eigenvalue weighted by atomic mass is 16.5. The van der Waals surface area contributed by atoms with Gasteiger partial charge in [0, 0.05) is 30.2 Å². The van der Waals surface area contributed by atoms with Gasteiger partial charge in [-0.05, 0) is 74.5 Å². The van der Waals surface area contributed by atoms with Crippen molar-refractivity contribution in [1.82, 2.24) is 0 Å². The average Bonchev–Trinajstić information content (AvgIpc) is 3.14. The molecule has 10 nitrogen and oxygen atoms in total. The molecule has 242 valence electrons. The zero-order chi connectivity index (χ0) is 33.6. The molecule has 10 heteroatoms. The quantitative estimate of drug-likeness (QED) is 0.209. The number of hydrogen-bond donors (Lipinski definition) is 1. The first kappa shape index (κ1) is 32.9. The smallest absolute Gasteiger partial charge is 0.250 e. The maximum atomic E-state index is 15.0. The largest absolute Gasteiger partial charge is 0.497 e. The number of amides is 4. The van der Waals surface area contributed by atoms with E-state index in [-0.39, 0.29) is 11.9 Å². The number of para-hydroxylation sites is 4. The van der Waals surface area contributed by atoms with Crippen LogP contribution in [-0.2, 0) is 23.9 Å². The van der Waals surface area contributed by atoms with Crippen molar-refractivity contribution in [2.45, 2.75) is 26.3 Å². The lowest BCUT2D eigenvalue weighted by molar-refractivity contribution is -0.147. The summed E-state index contributed by atoms with van der Waals surface area (Å²) < 4.78 is 10.9. The highest BCUT2D eigenvalue weighted by Crippen LogP contribution is 2.44. The minimum atomic E-state index is -2.02. The summed E-state index contributed by atoms with van der Waals surface area (Å²) in [5.41, 5.74) is 0.354. The third-order valence-corrected chi connectivity index (χ3v) is 8.03. The fourth-order valence-corrected chi connectivity index (χ4v) is 5.91. The van der Waals surface area contributed by atoms with Crippen LogP contribution in [0.4, 0.5) is 28.4 Å². The number of carbonyl (C=O) groups excluding carboxylic acids is 4. The monoisotopic (exact) mass is 634 g/mol. The summed E-state index contributed by atoms with van der Waals surface area (Å²) in [7, 11) is 2.94. The van der Waals surface area contributed by atoms with Crippen LogP contribution in [0.2, 0.25) is 0 Å². The first-order chi connectivity index (χ1) is 22.7. The van der Waals surface area contributed by atoms with Gasteiger partial charge in [-0.2, -0.15) is 0 Å². The van der Waals surface area contributed by atoms with Crippen LogP contribution in [-0.4, -0.2) is 57.0 Å². The molecule has 1 aliphatic heterocycles. The number of hydrogen-bond acceptors (Lipinski definition) is 6. The second-order valence-corrected chi connectivity index (χ2v) is 11.5. The number of anilines is 5. The van der Waals surface area contributed by atoms with Crippen molar-refractivity contribution < 1.29 is 28.7 Å². The molecule has 1 atom stereocenters. The zero-order valence-corrected chi connectivity index (χ0v) is 26.9. The lowest BCUT2D eigenvalue weighted by Crippen LogP contribution is -2.56. The van der Waals surface area contributed by atoms with Crippen molar-refractivity contribution in [3.63, 3.8) is 0 Å². The highest BCUT2D eigenvalue weighted by molar-refractivity contribution is 6.25. The molecule has 0 saturated carbocycles. The summed E-state index contributed by atoms with van der Waals surface area (Å²) in [5.74, 6) is -1.65. The summed E-state index contributed by atoms with van der Waals surface area (Å²) in [6, 6.07) is 31.4. The maximum absolute atomic E-state index is 15.0. The fourth-order valence-electron chi connectivity index (χ4n) is 5.91. The number of methoxy groups -OCH3 is 2. The van der Waals surface area contributed by atoms with Gasteiger partial charge in [-0.3, -0.25) is 29.0 Å². The van der Waals surface area contributed by atoms with Crippen LogP contribution >= 0.6 is 0 Å². The Kier molecular flexibility index (Phi) is 10.0. The molecule has 1 unspecified atom stereocenters. The predicted octanol–water partition coefficient (Wildman–Crippen LogP) is 5.81. The molecule has 0 aliphatic carbocycles. The summed E-state index contributed by atoms with van der Waals surface area (Å²) in [4.78, 5) is 62.1. The Hall–Kier alpha value is -5.48. The number of benzene rings is 4. The normalized spacial score (nSPS) is 16.0. The molecule has 0 bridgehead atoms. The Morgan fingerprint density at radius 1 is 0.787 bits per heavy atom. The molecule has 1 N–H and O–H groups in total. The molecule has 0 spiro atoms. The van der Waals surface area contributed by atoms with E-state index in [9.17, 15) is 19.2 Å². The Morgan fingerprint density at radius 3 is 1.98 bits per heavy atom. The van der Waals surface area contributed by atoms with Gasteiger partial charge in [0.15, 0.2) is 5.41 Å². The van der Waals surface area contributed by atoms with Crippen molar-refractivity contribution in [2.75, 3.05) is 47.4 Å². The molecule has 1 aliphatic rings. The number of rotatable bonds is 11. The number of fused-ring (bicyclic) bond motifs is 1. The van der Waals surface area contributed by atoms with Gasteiger partial charge in [-0.15, -0.1) is 0 Å². The highest BCUT2D eigenvalue weighted by Gasteiger charge is 2.55. The first-order valence-corrected chi connectivity index (χ1v) is 15.3. The second kappa shape index (κ2) is 14.3. The van der Waals surface area contributed by atoms with E-state index in [2.05, 4.69) is 5.32 Å². The van der Waals surface area contributed by atoms with Crippen molar-refractivity contribution in [3.05, 3.63) is 109 Å². The van der Waals surface area contributed by atoms with Crippen LogP contribution in [0.3, 0.4) is 0 Å². The molecule has 1 heterocycles. The number of ether oxygens (including phenoxy) is 2. The van der Waals surface area contributed by atoms with E-state index >= 15 is 0 Å². The van der Waals surface area contributed by atoms with Gasteiger partial charge in [0.05, 0.1) is 31.5 Å². The standard InChI is InChI=1S/C37H38N4O6/c1-26(2)40(29-19-21-30(47-4)22-20-29)34(43)24-39-31-17-11-12-18-32(31)41(28-15-9-6-10-16-28)36(45)37(25-46-3,35(39)44)23-33(42)38-27-13-7-5-8-14-27/h5-22,26H,23-25H2,1-4H3,(H,38,42). The van der Waals surface area contributed by atoms with Crippen LogP contribution in [0, 0.1) is 5.41 Å². The van der Waals surface area contributed by atoms with Crippen LogP contribution in [0.15, 0.2) is 109 Å². The van der Waals surface area contributed by atoms with Gasteiger partial charge in [-0.1, -0.05) is 48.5 Å². The molecule has 4 aromatic rings. The number of carbonyl (C=O) groups is 4. The maximum Gasteiger partial charge on any atom is 0.250 e. The van der Waals surface area contributed by atoms with E-state index in [4.69, 9.17) is 9.47 Å². The fraction of sp³-hybridized carbons (Fsp3) is 0.243. The topological polar surface area (TPSA) is 108 Å². The third-order valence-electron chi connectivity index (χ3n) is 8.03. The van der Waals surface area contributed by atoms with Crippen molar-refractivity contribution in [2.24, 2.45) is 5.41 Å². The molecule has 0 radical (unpaired) electrons. The summed E-state index contributed by atoms with van der Waals surface area (Å²) in [6.07, 6.45) is -0.526. The number of nitrogens with one attached hydrogen (secondary N) is 1. The molecule has 47 heavy (non-hydrogen) atoms. The lowest BCUT2D eigenvalue weighted by atomic mass is 9.81. The van der Waals surface area contributed by atoms with Gasteiger partial charge in [-0.25, -0.2) is 0 Å². The Labute approximate surface area is 274 Å². The predicted molar refractivity (Wildman–Crippen MR) is 182 cm³/mol. The summed E-state index contributed by atoms with van der Waals surface area (Å²) in [5, 5.41) is 2.81. The van der Waals surface area contributed by atoms with Crippen LogP contribution in [0.5, 0.6) is 5.75 Å². The van der Waals surface area contributed by atoms with E-state index in [0.717, 1.165) is 0 Å². The van der Waals surface area contributed by atoms with Gasteiger partial charge < -0.3 is 19.7 Å². The average molecular weight is 635 g/mol. The van der Waals surface area contributed by atoms with Gasteiger partial charge in [0.25, 0.3) is 0 Å². The molecule has 5 rings (SSSR count). The summed E-state index contributed by atoms with van der Waals surface area (Å²) in [6.45, 7) is 2.96. The molecule has 4 aromatic carbocycles. The van der Waals surface area contributed by atoms with E-state index in [1.807, 2.05) is 26.0 Å². The van der Waals surface area contributed by atoms with Crippen molar-refractivity contribution in [3.8, 4) is 5.75 Å². The molecule has 4 amide bonds. The van der Waals surface area contributed by atoms with E-state index in [0.29, 0.717) is 34.2 Å². The van der Waals surface area contributed by atoms with E-state index < -0.39 is 42.7 Å². The minimum Gasteiger partial charge on any atom is -0.497 e. The molecule has 0 saturated heterocycles. The van der Waals surface area contributed by atoms with Crippen LogP contribution in [0.25, 0.3) is 0 Å². The summed E-state index contributed by atoms with van der Waals surface area (Å²) >= 11 is 0. The third kappa shape index (κ3) is 6.73. The van der Waals surface area contributed by atoms with Gasteiger partial charge >= 0.3 is 0 Å². The Morgan fingerprint density at radius 2 is 1.38 bits per heavy atom. The first-order valence-electron chi connectivity index (χ1n) is 15.3. The van der Waals surface area contributed by atoms with Crippen molar-refractivity contribution >= 4 is 52.1 Å². The van der Waals surface area contributed by atoms with Gasteiger partial charge in [0.1, 0.15) is 12.3 Å². The van der Waals surface area contributed by atoms with Crippen molar-refractivity contribution in [1.29, 1.82) is 0 Å². The lowest BCUT2D eigenvalue weighted by Gasteiger charge is -2.35. The van der Waals surface area contributed by atoms with Gasteiger partial charge in [0.2, 0.25) is 23.6 Å². The van der Waals surface area contributed by atoms with E-state index in [1.165, 1.54) is 16.9 Å². The SMILES string of the molecule is COCC1(CC(=O)Nc2ccccc2)C(=O)N(CC(=O)N(c2ccc(OC)cc2)C(C)C)c2ccccc2N(c2ccccc2)C1=O. The number of nitrogens with zero attached hydrogens (tertiary/aromatic N) is 3. The zero-order valence-electron chi connectivity index (χ0n) is 26.9. The second-order valence-electron chi connectivity index (χ2n) is 11.5.